The predicted molar refractivity (Wildman–Crippen MR) is 47.9 cm³/mol. The zero-order valence-corrected chi connectivity index (χ0v) is 8.12. The summed E-state index contributed by atoms with van der Waals surface area (Å²) in [4.78, 5) is 1.49. The van der Waals surface area contributed by atoms with Gasteiger partial charge in [-0.1, -0.05) is 0 Å². The maximum absolute atomic E-state index is 4.10. The monoisotopic (exact) mass is 181 g/mol. The lowest BCUT2D eigenvalue weighted by atomic mass is 9.78. The fourth-order valence-electron chi connectivity index (χ4n) is 1.57. The molecule has 0 aromatic carbocycles. The van der Waals surface area contributed by atoms with Crippen molar-refractivity contribution in [1.29, 1.82) is 0 Å². The fourth-order valence-corrected chi connectivity index (χ4v) is 1.57. The highest BCUT2D eigenvalue weighted by atomic mass is 15.6. The molecule has 0 bridgehead atoms. The molecular weight excluding hydrogens is 166 g/mol. The molecule has 1 aromatic rings. The lowest BCUT2D eigenvalue weighted by Crippen LogP contribution is -2.47. The van der Waals surface area contributed by atoms with Crippen LogP contribution >= 0.6 is 0 Å². The molecule has 1 fully saturated rings. The van der Waals surface area contributed by atoms with Crippen LogP contribution in [0.25, 0.3) is 0 Å². The van der Waals surface area contributed by atoms with Crippen LogP contribution in [0, 0.1) is 0 Å². The number of rotatable bonds is 3. The third-order valence-electron chi connectivity index (χ3n) is 2.68. The van der Waals surface area contributed by atoms with Crippen LogP contribution in [-0.2, 0) is 13.6 Å². The van der Waals surface area contributed by atoms with Crippen molar-refractivity contribution >= 4 is 0 Å². The van der Waals surface area contributed by atoms with Gasteiger partial charge in [0.1, 0.15) is 0 Å². The van der Waals surface area contributed by atoms with Gasteiger partial charge in [-0.25, -0.2) is 0 Å². The molecule has 2 rings (SSSR count). The van der Waals surface area contributed by atoms with Crippen LogP contribution in [-0.4, -0.2) is 25.7 Å². The Morgan fingerprint density at radius 2 is 2.31 bits per heavy atom. The van der Waals surface area contributed by atoms with Gasteiger partial charge in [0.15, 0.2) is 5.82 Å². The maximum Gasteiger partial charge on any atom is 0.188 e. The van der Waals surface area contributed by atoms with Gasteiger partial charge in [0.2, 0.25) is 0 Å². The third-order valence-corrected chi connectivity index (χ3v) is 2.68. The van der Waals surface area contributed by atoms with Crippen molar-refractivity contribution in [3.63, 3.8) is 0 Å². The molecule has 0 unspecified atom stereocenters. The molecule has 1 heterocycles. The number of nitrogens with zero attached hydrogens (tertiary/aromatic N) is 4. The fraction of sp³-hybridized carbons (Fsp3) is 0.875. The van der Waals surface area contributed by atoms with Gasteiger partial charge in [-0.2, -0.15) is 4.80 Å². The number of hydrogen-bond acceptors (Lipinski definition) is 4. The van der Waals surface area contributed by atoms with Gasteiger partial charge in [0.05, 0.1) is 13.6 Å². The summed E-state index contributed by atoms with van der Waals surface area (Å²) in [6.07, 6.45) is 3.85. The first-order chi connectivity index (χ1) is 6.18. The summed E-state index contributed by atoms with van der Waals surface area (Å²) in [5, 5.41) is 15.2. The van der Waals surface area contributed by atoms with Crippen LogP contribution in [0.1, 0.15) is 32.0 Å². The van der Waals surface area contributed by atoms with Gasteiger partial charge < -0.3 is 5.32 Å². The number of aromatic nitrogens is 4. The van der Waals surface area contributed by atoms with E-state index in [4.69, 9.17) is 0 Å². The lowest BCUT2D eigenvalue weighted by molar-refractivity contribution is 0.205. The van der Waals surface area contributed by atoms with E-state index in [0.717, 1.165) is 12.4 Å². The average Bonchev–Trinajstić information content (AvgIpc) is 2.44. The van der Waals surface area contributed by atoms with Gasteiger partial charge in [0.25, 0.3) is 0 Å². The van der Waals surface area contributed by atoms with E-state index in [9.17, 15) is 0 Å². The summed E-state index contributed by atoms with van der Waals surface area (Å²) in [6.45, 7) is 2.97. The van der Waals surface area contributed by atoms with Crippen molar-refractivity contribution in [1.82, 2.24) is 25.5 Å². The molecule has 0 atom stereocenters. The topological polar surface area (TPSA) is 55.6 Å². The SMILES string of the molecule is Cn1nnc(CNC2(C)CCC2)n1. The molecule has 13 heavy (non-hydrogen) atoms. The summed E-state index contributed by atoms with van der Waals surface area (Å²) in [6, 6.07) is 0. The Bertz CT molecular complexity index is 288. The first-order valence-electron chi connectivity index (χ1n) is 4.66. The molecule has 0 aliphatic heterocycles. The molecule has 1 aliphatic rings. The minimum atomic E-state index is 0.319. The van der Waals surface area contributed by atoms with E-state index in [-0.39, 0.29) is 0 Å². The standard InChI is InChI=1S/C8H15N5/c1-8(4-3-5-8)9-6-7-10-12-13(2)11-7/h9H,3-6H2,1-2H3. The van der Waals surface area contributed by atoms with Crippen LogP contribution in [0.4, 0.5) is 0 Å². The van der Waals surface area contributed by atoms with Crippen molar-refractivity contribution in [2.24, 2.45) is 7.05 Å². The van der Waals surface area contributed by atoms with E-state index in [1.54, 1.807) is 7.05 Å². The Kier molecular flexibility index (Phi) is 2.03. The Hall–Kier alpha value is -0.970. The molecule has 1 aliphatic carbocycles. The van der Waals surface area contributed by atoms with E-state index in [0.29, 0.717) is 5.54 Å². The highest BCUT2D eigenvalue weighted by Crippen LogP contribution is 2.30. The van der Waals surface area contributed by atoms with E-state index in [1.165, 1.54) is 24.1 Å². The molecule has 0 radical (unpaired) electrons. The third kappa shape index (κ3) is 1.85. The van der Waals surface area contributed by atoms with Crippen molar-refractivity contribution in [2.75, 3.05) is 0 Å². The Balaban J connectivity index is 1.85. The van der Waals surface area contributed by atoms with Gasteiger partial charge in [-0.05, 0) is 31.4 Å². The molecule has 5 heteroatoms. The van der Waals surface area contributed by atoms with Crippen LogP contribution in [0.2, 0.25) is 0 Å². The van der Waals surface area contributed by atoms with Crippen LogP contribution in [0.15, 0.2) is 0 Å². The van der Waals surface area contributed by atoms with Crippen LogP contribution in [0.5, 0.6) is 0 Å². The van der Waals surface area contributed by atoms with Crippen molar-refractivity contribution in [2.45, 2.75) is 38.3 Å². The van der Waals surface area contributed by atoms with E-state index < -0.39 is 0 Å². The molecule has 1 aromatic heterocycles. The van der Waals surface area contributed by atoms with Crippen molar-refractivity contribution in [3.05, 3.63) is 5.82 Å². The highest BCUT2D eigenvalue weighted by molar-refractivity contribution is 4.93. The number of aryl methyl sites for hydroxylation is 1. The predicted octanol–water partition coefficient (Wildman–Crippen LogP) is 0.242. The molecule has 1 saturated carbocycles. The van der Waals surface area contributed by atoms with E-state index in [1.807, 2.05) is 0 Å². The molecular formula is C8H15N5. The van der Waals surface area contributed by atoms with E-state index >= 15 is 0 Å². The number of nitrogens with one attached hydrogen (secondary N) is 1. The molecule has 72 valence electrons. The normalized spacial score (nSPS) is 19.8. The Morgan fingerprint density at radius 1 is 1.54 bits per heavy atom. The first-order valence-corrected chi connectivity index (χ1v) is 4.66. The largest absolute Gasteiger partial charge is 0.304 e. The zero-order valence-electron chi connectivity index (χ0n) is 8.12. The molecule has 0 saturated heterocycles. The first kappa shape index (κ1) is 8.62. The molecule has 5 nitrogen and oxygen atoms in total. The lowest BCUT2D eigenvalue weighted by Gasteiger charge is -2.39. The van der Waals surface area contributed by atoms with Crippen molar-refractivity contribution in [3.8, 4) is 0 Å². The quantitative estimate of drug-likeness (QED) is 0.726. The molecule has 1 N–H and O–H groups in total. The summed E-state index contributed by atoms with van der Waals surface area (Å²) in [5.74, 6) is 0.774. The minimum absolute atomic E-state index is 0.319. The van der Waals surface area contributed by atoms with Crippen molar-refractivity contribution < 1.29 is 0 Å². The molecule has 0 spiro atoms. The summed E-state index contributed by atoms with van der Waals surface area (Å²) < 4.78 is 0. The highest BCUT2D eigenvalue weighted by Gasteiger charge is 2.31. The van der Waals surface area contributed by atoms with Gasteiger partial charge in [-0.3, -0.25) is 0 Å². The van der Waals surface area contributed by atoms with Gasteiger partial charge >= 0.3 is 0 Å². The second-order valence-corrected chi connectivity index (χ2v) is 3.96. The Labute approximate surface area is 77.5 Å². The van der Waals surface area contributed by atoms with Crippen LogP contribution < -0.4 is 5.32 Å². The second kappa shape index (κ2) is 3.06. The summed E-state index contributed by atoms with van der Waals surface area (Å²) >= 11 is 0. The number of tetrazole rings is 1. The zero-order chi connectivity index (χ0) is 9.31. The van der Waals surface area contributed by atoms with Crippen LogP contribution in [0.3, 0.4) is 0 Å². The minimum Gasteiger partial charge on any atom is -0.304 e. The smallest absolute Gasteiger partial charge is 0.188 e. The molecule has 0 amide bonds. The second-order valence-electron chi connectivity index (χ2n) is 3.96. The van der Waals surface area contributed by atoms with Gasteiger partial charge in [-0.15, -0.1) is 10.2 Å². The Morgan fingerprint density at radius 3 is 2.77 bits per heavy atom. The number of hydrogen-bond donors (Lipinski definition) is 1. The summed E-state index contributed by atoms with van der Waals surface area (Å²) in [5.41, 5.74) is 0.319. The average molecular weight is 181 g/mol. The van der Waals surface area contributed by atoms with Gasteiger partial charge in [0, 0.05) is 5.54 Å². The maximum atomic E-state index is 4.10. The summed E-state index contributed by atoms with van der Waals surface area (Å²) in [7, 11) is 1.78. The van der Waals surface area contributed by atoms with E-state index in [2.05, 4.69) is 27.7 Å².